The Kier molecular flexibility index (Phi) is 6.38. The predicted molar refractivity (Wildman–Crippen MR) is 155 cm³/mol. The van der Waals surface area contributed by atoms with Crippen LogP contribution in [0.5, 0.6) is 17.2 Å². The number of nitrogens with zero attached hydrogens (tertiary/aromatic N) is 4. The molecule has 41 heavy (non-hydrogen) atoms. The van der Waals surface area contributed by atoms with Crippen molar-refractivity contribution >= 4 is 49.8 Å². The molecule has 1 amide bonds. The lowest BCUT2D eigenvalue weighted by Crippen LogP contribution is -2.29. The molecule has 1 aliphatic heterocycles. The summed E-state index contributed by atoms with van der Waals surface area (Å²) in [7, 11) is 1.56. The maximum Gasteiger partial charge on any atom is 0.301 e. The van der Waals surface area contributed by atoms with E-state index in [1.165, 1.54) is 22.3 Å². The van der Waals surface area contributed by atoms with Gasteiger partial charge in [0.2, 0.25) is 0 Å². The van der Waals surface area contributed by atoms with Gasteiger partial charge in [0, 0.05) is 6.20 Å². The summed E-state index contributed by atoms with van der Waals surface area (Å²) in [4.78, 5) is 38.0. The fourth-order valence-corrected chi connectivity index (χ4v) is 6.13. The minimum Gasteiger partial charge on any atom is -0.505 e. The number of methoxy groups -OCH3 is 1. The number of aliphatic hydroxyl groups is 1. The molecule has 0 radical (unpaired) electrons. The highest BCUT2D eigenvalue weighted by Gasteiger charge is 2.49. The van der Waals surface area contributed by atoms with Crippen molar-refractivity contribution in [2.24, 2.45) is 0 Å². The number of fused-ring (bicyclic) bond motifs is 2. The summed E-state index contributed by atoms with van der Waals surface area (Å²) < 4.78 is 13.5. The summed E-state index contributed by atoms with van der Waals surface area (Å²) >= 11 is 1.22. The molecule has 5 aromatic rings. The van der Waals surface area contributed by atoms with Crippen LogP contribution in [0.3, 0.4) is 0 Å². The van der Waals surface area contributed by atoms with Gasteiger partial charge in [-0.05, 0) is 68.3 Å². The zero-order chi connectivity index (χ0) is 29.0. The third kappa shape index (κ3) is 4.16. The molecular weight excluding hydrogens is 544 g/mol. The molecule has 0 saturated carbocycles. The number of hydrogen-bond acceptors (Lipinski definition) is 9. The first-order chi connectivity index (χ1) is 19.7. The van der Waals surface area contributed by atoms with Gasteiger partial charge in [-0.15, -0.1) is 0 Å². The average molecular weight is 571 g/mol. The maximum absolute atomic E-state index is 13.7. The van der Waals surface area contributed by atoms with Gasteiger partial charge in [0.1, 0.15) is 17.1 Å². The lowest BCUT2D eigenvalue weighted by atomic mass is 9.96. The molecule has 1 atom stereocenters. The number of pyridine rings is 1. The van der Waals surface area contributed by atoms with E-state index in [2.05, 4.69) is 9.97 Å². The largest absolute Gasteiger partial charge is 0.505 e. The number of phenols is 1. The van der Waals surface area contributed by atoms with Gasteiger partial charge in [-0.2, -0.15) is 0 Å². The van der Waals surface area contributed by atoms with Crippen LogP contribution in [0.1, 0.15) is 35.5 Å². The number of phenolic OH excluding ortho intramolecular Hbond substituents is 1. The Morgan fingerprint density at radius 1 is 1.10 bits per heavy atom. The van der Waals surface area contributed by atoms with Crippen LogP contribution in [-0.2, 0) is 9.59 Å². The van der Waals surface area contributed by atoms with Crippen molar-refractivity contribution in [1.82, 2.24) is 14.4 Å². The number of imidazole rings is 1. The van der Waals surface area contributed by atoms with Gasteiger partial charge in [0.25, 0.3) is 5.78 Å². The number of rotatable bonds is 6. The van der Waals surface area contributed by atoms with Gasteiger partial charge in [-0.25, -0.2) is 9.97 Å². The van der Waals surface area contributed by atoms with Crippen LogP contribution in [-0.4, -0.2) is 50.0 Å². The summed E-state index contributed by atoms with van der Waals surface area (Å²) in [5, 5.41) is 22.3. The van der Waals surface area contributed by atoms with Crippen molar-refractivity contribution in [3.8, 4) is 17.2 Å². The second-order valence-electron chi connectivity index (χ2n) is 9.59. The number of aliphatic hydroxyl groups excluding tert-OH is 1. The van der Waals surface area contributed by atoms with Gasteiger partial charge in [-0.1, -0.05) is 23.5 Å². The Labute approximate surface area is 238 Å². The lowest BCUT2D eigenvalue weighted by molar-refractivity contribution is -0.132. The number of ketones is 1. The highest BCUT2D eigenvalue weighted by Crippen LogP contribution is 2.46. The van der Waals surface area contributed by atoms with E-state index in [4.69, 9.17) is 9.47 Å². The van der Waals surface area contributed by atoms with Crippen molar-refractivity contribution in [1.29, 1.82) is 0 Å². The van der Waals surface area contributed by atoms with E-state index in [9.17, 15) is 19.8 Å². The third-order valence-electron chi connectivity index (χ3n) is 7.14. The first-order valence-corrected chi connectivity index (χ1v) is 13.7. The fourth-order valence-electron chi connectivity index (χ4n) is 5.11. The summed E-state index contributed by atoms with van der Waals surface area (Å²) in [6.07, 6.45) is 1.82. The number of thiazole rings is 1. The van der Waals surface area contributed by atoms with Crippen LogP contribution in [0.2, 0.25) is 0 Å². The smallest absolute Gasteiger partial charge is 0.301 e. The van der Waals surface area contributed by atoms with Crippen molar-refractivity contribution in [3.63, 3.8) is 0 Å². The number of aromatic nitrogens is 3. The summed E-state index contributed by atoms with van der Waals surface area (Å²) in [6, 6.07) is 12.6. The fraction of sp³-hybridized carbons (Fsp3) is 0.200. The molecule has 1 saturated heterocycles. The second kappa shape index (κ2) is 9.93. The topological polar surface area (TPSA) is 126 Å². The van der Waals surface area contributed by atoms with Crippen LogP contribution in [0.15, 0.2) is 60.3 Å². The molecule has 6 rings (SSSR count). The minimum absolute atomic E-state index is 0.0914. The molecule has 1 aliphatic rings. The van der Waals surface area contributed by atoms with Gasteiger partial charge in [0.05, 0.1) is 41.2 Å². The van der Waals surface area contributed by atoms with E-state index < -0.39 is 23.5 Å². The second-order valence-corrected chi connectivity index (χ2v) is 10.6. The number of amides is 1. The van der Waals surface area contributed by atoms with Gasteiger partial charge < -0.3 is 24.1 Å². The third-order valence-corrected chi connectivity index (χ3v) is 8.16. The molecule has 2 N–H and O–H groups in total. The molecule has 3 aromatic heterocycles. The number of aromatic hydroxyl groups is 1. The van der Waals surface area contributed by atoms with Crippen LogP contribution < -0.4 is 14.4 Å². The first kappa shape index (κ1) is 26.3. The zero-order valence-electron chi connectivity index (χ0n) is 22.7. The molecule has 1 fully saturated rings. The van der Waals surface area contributed by atoms with E-state index in [-0.39, 0.29) is 34.5 Å². The number of hydrogen-bond donors (Lipinski definition) is 2. The van der Waals surface area contributed by atoms with Crippen molar-refractivity contribution in [2.75, 3.05) is 18.6 Å². The summed E-state index contributed by atoms with van der Waals surface area (Å²) in [6.45, 7) is 5.76. The number of ether oxygens (including phenoxy) is 2. The van der Waals surface area contributed by atoms with E-state index in [0.29, 0.717) is 28.2 Å². The quantitative estimate of drug-likeness (QED) is 0.160. The highest BCUT2D eigenvalue weighted by atomic mass is 32.1. The molecular formula is C30H26N4O6S. The molecule has 1 unspecified atom stereocenters. The van der Waals surface area contributed by atoms with Crippen molar-refractivity contribution < 1.29 is 29.3 Å². The number of benzene rings is 2. The van der Waals surface area contributed by atoms with Crippen LogP contribution in [0, 0.1) is 13.8 Å². The Morgan fingerprint density at radius 2 is 1.90 bits per heavy atom. The molecule has 0 aliphatic carbocycles. The molecule has 11 heteroatoms. The Balaban J connectivity index is 1.60. The number of carbonyl (C=O) groups excluding carboxylic acids is 2. The number of anilines is 1. The number of Topliss-reactive ketones (excluding diaryl/α,β-unsaturated/α-hetero) is 1. The molecule has 0 bridgehead atoms. The first-order valence-electron chi connectivity index (χ1n) is 12.9. The van der Waals surface area contributed by atoms with Crippen LogP contribution >= 0.6 is 11.3 Å². The lowest BCUT2D eigenvalue weighted by Gasteiger charge is -2.23. The van der Waals surface area contributed by atoms with E-state index in [1.807, 2.05) is 29.7 Å². The molecule has 208 valence electrons. The normalized spacial score (nSPS) is 16.7. The zero-order valence-corrected chi connectivity index (χ0v) is 23.5. The van der Waals surface area contributed by atoms with E-state index >= 15 is 0 Å². The van der Waals surface area contributed by atoms with Gasteiger partial charge in [-0.3, -0.25) is 14.5 Å². The number of aryl methyl sites for hydroxylation is 2. The highest BCUT2D eigenvalue weighted by molar-refractivity contribution is 7.22. The number of carbonyl (C=O) groups is 2. The predicted octanol–water partition coefficient (Wildman–Crippen LogP) is 5.30. The average Bonchev–Trinajstić information content (AvgIpc) is 3.62. The Hall–Kier alpha value is -4.90. The molecule has 4 heterocycles. The van der Waals surface area contributed by atoms with Gasteiger partial charge >= 0.3 is 5.91 Å². The molecule has 2 aromatic carbocycles. The molecule has 0 spiro atoms. The summed E-state index contributed by atoms with van der Waals surface area (Å²) in [5.41, 5.74) is 3.25. The van der Waals surface area contributed by atoms with E-state index in [1.54, 1.807) is 51.3 Å². The Morgan fingerprint density at radius 3 is 2.63 bits per heavy atom. The van der Waals surface area contributed by atoms with E-state index in [0.717, 1.165) is 10.3 Å². The Bertz CT molecular complexity index is 1910. The molecule has 10 nitrogen and oxygen atoms in total. The van der Waals surface area contributed by atoms with Crippen LogP contribution in [0.4, 0.5) is 5.13 Å². The SMILES string of the molecule is CCOc1cc(C2/C(=C(\O)c3nc4c(C)cccn4c3C)C(=O)C(=O)N2c2nc3ccc(OC)cc3s2)ccc1O. The standard InChI is InChI=1S/C30H26N4O6S/c1-5-40-21-13-17(8-11-20(21)35)25-23(26(36)24-16(3)33-12-6-7-15(2)28(33)32-24)27(37)29(38)34(25)30-31-19-10-9-18(39-4)14-22(19)41-30/h6-14,25,35-36H,5H2,1-4H3/b26-23+. The van der Waals surface area contributed by atoms with Crippen LogP contribution in [0.25, 0.3) is 21.6 Å². The maximum atomic E-state index is 13.7. The van der Waals surface area contributed by atoms with Crippen molar-refractivity contribution in [2.45, 2.75) is 26.8 Å². The summed E-state index contributed by atoms with van der Waals surface area (Å²) in [5.74, 6) is -1.39. The monoisotopic (exact) mass is 570 g/mol. The van der Waals surface area contributed by atoms with Gasteiger partial charge in [0.15, 0.2) is 22.4 Å². The van der Waals surface area contributed by atoms with Crippen molar-refractivity contribution in [3.05, 3.63) is 82.8 Å². The minimum atomic E-state index is -1.07.